The lowest BCUT2D eigenvalue weighted by atomic mass is 9.72. The van der Waals surface area contributed by atoms with Crippen molar-refractivity contribution in [1.29, 1.82) is 0 Å². The Morgan fingerprint density at radius 2 is 1.80 bits per heavy atom. The topological polar surface area (TPSA) is 63.0 Å². The number of nitrogens with zero attached hydrogens (tertiary/aromatic N) is 2. The molecule has 0 saturated heterocycles. The highest BCUT2D eigenvalue weighted by molar-refractivity contribution is 6.31. The molecule has 5 nitrogen and oxygen atoms in total. The normalized spacial score (nSPS) is 18.8. The fourth-order valence-electron chi connectivity index (χ4n) is 4.73. The van der Waals surface area contributed by atoms with Crippen LogP contribution in [0.4, 0.5) is 10.1 Å². The van der Waals surface area contributed by atoms with Gasteiger partial charge in [-0.3, -0.25) is 4.79 Å². The fourth-order valence-corrected chi connectivity index (χ4v) is 4.90. The average molecular weight is 488 g/mol. The Morgan fingerprint density at radius 3 is 2.51 bits per heavy atom. The molecule has 1 amide bonds. The Balaban J connectivity index is 1.38. The van der Waals surface area contributed by atoms with Gasteiger partial charge in [0.05, 0.1) is 24.3 Å². The molecule has 0 bridgehead atoms. The largest absolute Gasteiger partial charge is 0.496 e. The summed E-state index contributed by atoms with van der Waals surface area (Å²) >= 11 is 6.06. The maximum Gasteiger partial charge on any atom is 0.259 e. The molecule has 2 atom stereocenters. The molecule has 1 aliphatic heterocycles. The molecule has 35 heavy (non-hydrogen) atoms. The van der Waals surface area contributed by atoms with Gasteiger partial charge in [0.2, 0.25) is 0 Å². The zero-order valence-electron chi connectivity index (χ0n) is 19.3. The minimum atomic E-state index is -0.305. The van der Waals surface area contributed by atoms with Gasteiger partial charge in [-0.15, -0.1) is 0 Å². The highest BCUT2D eigenvalue weighted by Gasteiger charge is 2.36. The monoisotopic (exact) mass is 487 g/mol. The highest BCUT2D eigenvalue weighted by atomic mass is 35.5. The lowest BCUT2D eigenvalue weighted by molar-refractivity contribution is 0.102. The summed E-state index contributed by atoms with van der Waals surface area (Å²) in [5.41, 5.74) is 6.12. The van der Waals surface area contributed by atoms with E-state index in [2.05, 4.69) is 21.6 Å². The molecule has 0 fully saturated rings. The van der Waals surface area contributed by atoms with Crippen molar-refractivity contribution in [3.63, 3.8) is 0 Å². The van der Waals surface area contributed by atoms with Gasteiger partial charge in [0.25, 0.3) is 5.91 Å². The number of ether oxygens (including phenoxy) is 1. The predicted octanol–water partition coefficient (Wildman–Crippen LogP) is 6.76. The number of rotatable bonds is 5. The first kappa shape index (κ1) is 23.0. The Kier molecular flexibility index (Phi) is 6.22. The molecule has 176 valence electrons. The summed E-state index contributed by atoms with van der Waals surface area (Å²) in [6, 6.07) is 19.3. The molecular formula is C28H23ClFN3O2. The Bertz CT molecular complexity index is 1380. The van der Waals surface area contributed by atoms with Gasteiger partial charge in [-0.25, -0.2) is 4.39 Å². The summed E-state index contributed by atoms with van der Waals surface area (Å²) in [7, 11) is 1.51. The fraction of sp³-hybridized carbons (Fsp3) is 0.179. The van der Waals surface area contributed by atoms with Gasteiger partial charge >= 0.3 is 0 Å². The summed E-state index contributed by atoms with van der Waals surface area (Å²) in [5.74, 6) is 0.109. The molecular weight excluding hydrogens is 465 g/mol. The molecule has 0 spiro atoms. The number of allylic oxidation sites excluding steroid dienone is 2. The number of nitrogens with one attached hydrogen (secondary N) is 1. The van der Waals surface area contributed by atoms with Crippen LogP contribution in [0.1, 0.15) is 40.7 Å². The Morgan fingerprint density at radius 1 is 1.06 bits per heavy atom. The molecule has 0 aromatic heterocycles. The van der Waals surface area contributed by atoms with Crippen LogP contribution < -0.4 is 10.1 Å². The van der Waals surface area contributed by atoms with Crippen LogP contribution in [0.15, 0.2) is 83.0 Å². The van der Waals surface area contributed by atoms with Gasteiger partial charge in [-0.05, 0) is 78.6 Å². The van der Waals surface area contributed by atoms with E-state index >= 15 is 0 Å². The third-order valence-corrected chi connectivity index (χ3v) is 6.71. The van der Waals surface area contributed by atoms with Crippen LogP contribution in [0.5, 0.6) is 5.75 Å². The maximum absolute atomic E-state index is 13.5. The van der Waals surface area contributed by atoms with Crippen molar-refractivity contribution in [2.45, 2.75) is 19.3 Å². The second-order valence-electron chi connectivity index (χ2n) is 8.65. The lowest BCUT2D eigenvalue weighted by Gasteiger charge is -2.30. The number of fused-ring (bicyclic) bond motifs is 1. The van der Waals surface area contributed by atoms with Crippen molar-refractivity contribution in [2.75, 3.05) is 12.4 Å². The van der Waals surface area contributed by atoms with Crippen LogP contribution in [-0.2, 0) is 0 Å². The number of carbonyl (C=O) groups is 1. The van der Waals surface area contributed by atoms with Crippen molar-refractivity contribution in [2.24, 2.45) is 16.1 Å². The van der Waals surface area contributed by atoms with Crippen molar-refractivity contribution in [3.05, 3.63) is 100 Å². The van der Waals surface area contributed by atoms with E-state index in [-0.39, 0.29) is 23.6 Å². The quantitative estimate of drug-likeness (QED) is 0.432. The molecule has 7 heteroatoms. The van der Waals surface area contributed by atoms with Crippen LogP contribution in [0, 0.1) is 11.7 Å². The van der Waals surface area contributed by atoms with Crippen LogP contribution in [-0.4, -0.2) is 24.4 Å². The smallest absolute Gasteiger partial charge is 0.259 e. The lowest BCUT2D eigenvalue weighted by Crippen LogP contribution is -2.28. The second kappa shape index (κ2) is 9.47. The van der Waals surface area contributed by atoms with Crippen LogP contribution in [0.3, 0.4) is 0 Å². The van der Waals surface area contributed by atoms with E-state index in [0.29, 0.717) is 22.0 Å². The minimum Gasteiger partial charge on any atom is -0.496 e. The van der Waals surface area contributed by atoms with E-state index in [9.17, 15) is 9.18 Å². The molecule has 1 N–H and O–H groups in total. The van der Waals surface area contributed by atoms with Crippen LogP contribution in [0.2, 0.25) is 5.02 Å². The van der Waals surface area contributed by atoms with E-state index in [1.54, 1.807) is 18.2 Å². The molecule has 3 aromatic carbocycles. The number of hydrogen-bond acceptors (Lipinski definition) is 4. The average Bonchev–Trinajstić information content (AvgIpc) is 3.25. The number of benzene rings is 3. The third-order valence-electron chi connectivity index (χ3n) is 6.47. The standard InChI is InChI=1S/C28H23ClFN3O2/c1-16-27-23(18-3-8-21(30)9-4-18)13-19(14-25(27)33-32-16)17-5-10-22(11-6-17)31-28(34)24-15-20(29)7-12-26(24)35-2/h3-12,14-15,23,27H,13H2,1-2H3,(H,31,34). The molecule has 2 unspecified atom stereocenters. The first-order valence-electron chi connectivity index (χ1n) is 11.3. The molecule has 1 heterocycles. The van der Waals surface area contributed by atoms with E-state index in [1.165, 1.54) is 19.2 Å². The highest BCUT2D eigenvalue weighted by Crippen LogP contribution is 2.42. The van der Waals surface area contributed by atoms with E-state index in [1.807, 2.05) is 43.3 Å². The SMILES string of the molecule is COc1ccc(Cl)cc1C(=O)Nc1ccc(C2=CC3=NN=C(C)C3C(c3ccc(F)cc3)C2)cc1. The summed E-state index contributed by atoms with van der Waals surface area (Å²) in [4.78, 5) is 12.8. The second-order valence-corrected chi connectivity index (χ2v) is 9.09. The van der Waals surface area contributed by atoms with Gasteiger partial charge in [0.1, 0.15) is 11.6 Å². The number of anilines is 1. The van der Waals surface area contributed by atoms with E-state index < -0.39 is 0 Å². The Hall–Kier alpha value is -3.77. The van der Waals surface area contributed by atoms with Crippen LogP contribution in [0.25, 0.3) is 5.57 Å². The minimum absolute atomic E-state index is 0.0930. The number of amides is 1. The van der Waals surface area contributed by atoms with Gasteiger partial charge in [0.15, 0.2) is 0 Å². The molecule has 0 saturated carbocycles. The number of hydrogen-bond donors (Lipinski definition) is 1. The van der Waals surface area contributed by atoms with Gasteiger partial charge in [-0.1, -0.05) is 35.9 Å². The first-order chi connectivity index (χ1) is 16.9. The van der Waals surface area contributed by atoms with Crippen LogP contribution >= 0.6 is 11.6 Å². The third kappa shape index (κ3) is 4.62. The summed E-state index contributed by atoms with van der Waals surface area (Å²) < 4.78 is 18.8. The summed E-state index contributed by atoms with van der Waals surface area (Å²) in [6.45, 7) is 1.99. The van der Waals surface area contributed by atoms with Crippen molar-refractivity contribution >= 4 is 40.2 Å². The molecule has 0 radical (unpaired) electrons. The van der Waals surface area contributed by atoms with Crippen molar-refractivity contribution < 1.29 is 13.9 Å². The van der Waals surface area contributed by atoms with Crippen molar-refractivity contribution in [3.8, 4) is 5.75 Å². The molecule has 1 aliphatic carbocycles. The van der Waals surface area contributed by atoms with Crippen molar-refractivity contribution in [1.82, 2.24) is 0 Å². The zero-order valence-corrected chi connectivity index (χ0v) is 20.0. The maximum atomic E-state index is 13.5. The first-order valence-corrected chi connectivity index (χ1v) is 11.6. The van der Waals surface area contributed by atoms with Gasteiger partial charge in [0, 0.05) is 22.3 Å². The molecule has 3 aromatic rings. The van der Waals surface area contributed by atoms with E-state index in [4.69, 9.17) is 16.3 Å². The molecule has 5 rings (SSSR count). The number of methoxy groups -OCH3 is 1. The summed E-state index contributed by atoms with van der Waals surface area (Å²) in [5, 5.41) is 12.1. The zero-order chi connectivity index (χ0) is 24.5. The number of halogens is 2. The molecule has 2 aliphatic rings. The number of carbonyl (C=O) groups excluding carboxylic acids is 1. The van der Waals surface area contributed by atoms with E-state index in [0.717, 1.165) is 34.5 Å². The van der Waals surface area contributed by atoms with Gasteiger partial charge < -0.3 is 10.1 Å². The van der Waals surface area contributed by atoms with Gasteiger partial charge in [-0.2, -0.15) is 10.2 Å². The Labute approximate surface area is 208 Å². The predicted molar refractivity (Wildman–Crippen MR) is 138 cm³/mol. The summed E-state index contributed by atoms with van der Waals surface area (Å²) in [6.07, 6.45) is 2.86.